The molecule has 1 saturated heterocycles. The number of carbonyl (C=O) groups excluding carboxylic acids is 3. The molecule has 3 atom stereocenters. The van der Waals surface area contributed by atoms with Gasteiger partial charge in [-0.2, -0.15) is 0 Å². The number of aryl methyl sites for hydroxylation is 1. The lowest BCUT2D eigenvalue weighted by molar-refractivity contribution is -0.124. The molecule has 8 heteroatoms. The van der Waals surface area contributed by atoms with Crippen molar-refractivity contribution >= 4 is 40.6 Å². The average Bonchev–Trinajstić information content (AvgIpc) is 3.42. The quantitative estimate of drug-likeness (QED) is 0.283. The van der Waals surface area contributed by atoms with Crippen LogP contribution < -0.4 is 16.0 Å². The van der Waals surface area contributed by atoms with Crippen LogP contribution in [-0.2, 0) is 15.0 Å². The molecule has 3 N–H and O–H groups in total. The summed E-state index contributed by atoms with van der Waals surface area (Å²) in [6.07, 6.45) is 4.13. The van der Waals surface area contributed by atoms with E-state index in [9.17, 15) is 14.4 Å². The number of rotatable bonds is 5. The highest BCUT2D eigenvalue weighted by atomic mass is 35.5. The summed E-state index contributed by atoms with van der Waals surface area (Å²) < 4.78 is 16.0. The number of halogens is 2. The highest BCUT2D eigenvalue weighted by Gasteiger charge is 2.72. The zero-order chi connectivity index (χ0) is 29.8. The highest BCUT2D eigenvalue weighted by Crippen LogP contribution is 2.62. The highest BCUT2D eigenvalue weighted by molar-refractivity contribution is 6.30. The van der Waals surface area contributed by atoms with Crippen LogP contribution in [0, 0.1) is 18.7 Å². The van der Waals surface area contributed by atoms with Gasteiger partial charge in [0.2, 0.25) is 11.8 Å². The Morgan fingerprint density at radius 3 is 2.43 bits per heavy atom. The number of fused-ring (bicyclic) bond motifs is 3. The second kappa shape index (κ2) is 10.6. The fraction of sp³-hybridized carbons (Fsp3) is 0.382. The van der Waals surface area contributed by atoms with Crippen molar-refractivity contribution in [1.82, 2.24) is 5.32 Å². The van der Waals surface area contributed by atoms with Gasteiger partial charge >= 0.3 is 0 Å². The van der Waals surface area contributed by atoms with Crippen LogP contribution >= 0.6 is 11.6 Å². The third kappa shape index (κ3) is 4.28. The number of ketones is 1. The molecule has 3 aromatic carbocycles. The van der Waals surface area contributed by atoms with Gasteiger partial charge < -0.3 is 10.6 Å². The summed E-state index contributed by atoms with van der Waals surface area (Å²) in [7, 11) is 0. The van der Waals surface area contributed by atoms with E-state index in [0.29, 0.717) is 29.8 Å². The first-order chi connectivity index (χ1) is 20.1. The van der Waals surface area contributed by atoms with Crippen molar-refractivity contribution in [2.75, 3.05) is 10.6 Å². The molecule has 2 amide bonds. The fourth-order valence-corrected chi connectivity index (χ4v) is 7.81. The number of benzene rings is 3. The molecule has 2 aliphatic heterocycles. The molecular formula is C34H35ClFN3O3. The molecule has 0 radical (unpaired) electrons. The van der Waals surface area contributed by atoms with Crippen molar-refractivity contribution in [3.63, 3.8) is 0 Å². The first-order valence-corrected chi connectivity index (χ1v) is 15.1. The molecule has 3 aliphatic rings. The molecule has 2 fully saturated rings. The van der Waals surface area contributed by atoms with Gasteiger partial charge in [-0.3, -0.25) is 19.7 Å². The molecule has 6 rings (SSSR count). The van der Waals surface area contributed by atoms with Crippen LogP contribution in [0.15, 0.2) is 60.7 Å². The zero-order valence-electron chi connectivity index (χ0n) is 24.0. The van der Waals surface area contributed by atoms with Crippen LogP contribution in [0.5, 0.6) is 0 Å². The predicted molar refractivity (Wildman–Crippen MR) is 163 cm³/mol. The summed E-state index contributed by atoms with van der Waals surface area (Å²) in [5.74, 6) is -2.23. The van der Waals surface area contributed by atoms with Gasteiger partial charge in [0.25, 0.3) is 0 Å². The molecule has 6 nitrogen and oxygen atoms in total. The van der Waals surface area contributed by atoms with Crippen LogP contribution in [0.3, 0.4) is 0 Å². The minimum Gasteiger partial charge on any atom is -0.325 e. The van der Waals surface area contributed by atoms with E-state index < -0.39 is 28.7 Å². The Balaban J connectivity index is 1.50. The number of nitrogens with one attached hydrogen (secondary N) is 3. The van der Waals surface area contributed by atoms with E-state index >= 15 is 4.39 Å². The van der Waals surface area contributed by atoms with Crippen molar-refractivity contribution in [3.8, 4) is 0 Å². The van der Waals surface area contributed by atoms with E-state index in [0.717, 1.165) is 30.4 Å². The number of hydrogen-bond donors (Lipinski definition) is 3. The third-order valence-corrected chi connectivity index (χ3v) is 9.75. The van der Waals surface area contributed by atoms with Crippen molar-refractivity contribution in [2.24, 2.45) is 5.92 Å². The van der Waals surface area contributed by atoms with Crippen LogP contribution in [0.25, 0.3) is 0 Å². The van der Waals surface area contributed by atoms with E-state index in [1.165, 1.54) is 6.07 Å². The van der Waals surface area contributed by atoms with Crippen LogP contribution in [0.2, 0.25) is 5.02 Å². The predicted octanol–water partition coefficient (Wildman–Crippen LogP) is 6.91. The maximum atomic E-state index is 16.0. The molecule has 42 heavy (non-hydrogen) atoms. The van der Waals surface area contributed by atoms with E-state index in [4.69, 9.17) is 11.6 Å². The summed E-state index contributed by atoms with van der Waals surface area (Å²) in [6.45, 7) is 5.65. The number of Topliss-reactive ketones (excluding diaryl/α,β-unsaturated/α-hetero) is 1. The Labute approximate surface area is 250 Å². The second-order valence-electron chi connectivity index (χ2n) is 12.3. The Kier molecular flexibility index (Phi) is 7.22. The molecule has 1 saturated carbocycles. The first-order valence-electron chi connectivity index (χ1n) is 14.7. The summed E-state index contributed by atoms with van der Waals surface area (Å²) >= 11 is 6.32. The number of amides is 2. The van der Waals surface area contributed by atoms with Crippen molar-refractivity contribution in [1.29, 1.82) is 0 Å². The third-order valence-electron chi connectivity index (χ3n) is 9.46. The van der Waals surface area contributed by atoms with Gasteiger partial charge in [-0.25, -0.2) is 4.39 Å². The number of hydrogen-bond acceptors (Lipinski definition) is 4. The molecule has 0 aromatic heterocycles. The lowest BCUT2D eigenvalue weighted by Gasteiger charge is -2.47. The molecule has 3 aromatic rings. The van der Waals surface area contributed by atoms with Gasteiger partial charge in [0.1, 0.15) is 11.2 Å². The molecular weight excluding hydrogens is 553 g/mol. The maximum absolute atomic E-state index is 16.0. The standard InChI is InChI=1S/C34H35ClFN3O3/c1-19(2)30(40)21-11-13-22(14-12-21)37-31(41)29-27(23-8-7-9-25(35)28(23)36)34(33(39-29)16-5-4-6-17-33)24-15-10-20(3)18-26(24)38-32(34)42/h7-15,18-19,27,29,39H,4-6,16-17H2,1-3H3,(H,37,41)(H,38,42)/t27-,29+,34+/m0/s1. The van der Waals surface area contributed by atoms with Gasteiger partial charge in [-0.05, 0) is 72.9 Å². The summed E-state index contributed by atoms with van der Waals surface area (Å²) in [5, 5.41) is 9.69. The second-order valence-corrected chi connectivity index (χ2v) is 12.7. The Morgan fingerprint density at radius 2 is 1.74 bits per heavy atom. The van der Waals surface area contributed by atoms with Gasteiger partial charge in [-0.15, -0.1) is 0 Å². The van der Waals surface area contributed by atoms with E-state index in [2.05, 4.69) is 16.0 Å². The van der Waals surface area contributed by atoms with E-state index in [1.807, 2.05) is 39.0 Å². The summed E-state index contributed by atoms with van der Waals surface area (Å²) in [4.78, 5) is 41.1. The molecule has 218 valence electrons. The normalized spacial score (nSPS) is 24.2. The van der Waals surface area contributed by atoms with Crippen LogP contribution in [0.1, 0.15) is 78.9 Å². The van der Waals surface area contributed by atoms with Crippen molar-refractivity contribution < 1.29 is 18.8 Å². The number of anilines is 2. The topological polar surface area (TPSA) is 87.3 Å². The van der Waals surface area contributed by atoms with Gasteiger partial charge in [-0.1, -0.05) is 69.0 Å². The first kappa shape index (κ1) is 28.6. The lowest BCUT2D eigenvalue weighted by Crippen LogP contribution is -2.60. The van der Waals surface area contributed by atoms with Crippen LogP contribution in [-0.4, -0.2) is 29.2 Å². The minimum absolute atomic E-state index is 0.0177. The SMILES string of the molecule is Cc1ccc2c(c1)NC(=O)[C@]21[C@@H](c2cccc(Cl)c2F)[C@H](C(=O)Nc2ccc(C(=O)C(C)C)cc2)NC12CCCCC2. The summed E-state index contributed by atoms with van der Waals surface area (Å²) in [5.41, 5.74) is 1.78. The Hall–Kier alpha value is -3.55. The Bertz CT molecular complexity index is 1580. The molecule has 0 unspecified atom stereocenters. The van der Waals surface area contributed by atoms with Crippen molar-refractivity contribution in [3.05, 3.63) is 93.8 Å². The summed E-state index contributed by atoms with van der Waals surface area (Å²) in [6, 6.07) is 16.5. The molecule has 0 bridgehead atoms. The molecule has 1 aliphatic carbocycles. The van der Waals surface area contributed by atoms with Crippen LogP contribution in [0.4, 0.5) is 15.8 Å². The minimum atomic E-state index is -1.24. The Morgan fingerprint density at radius 1 is 1.02 bits per heavy atom. The maximum Gasteiger partial charge on any atom is 0.242 e. The number of carbonyl (C=O) groups is 3. The molecule has 2 heterocycles. The van der Waals surface area contributed by atoms with E-state index in [-0.39, 0.29) is 34.1 Å². The van der Waals surface area contributed by atoms with Gasteiger partial charge in [0, 0.05) is 34.3 Å². The average molecular weight is 588 g/mol. The van der Waals surface area contributed by atoms with E-state index in [1.54, 1.807) is 36.4 Å². The molecule has 2 spiro atoms. The zero-order valence-corrected chi connectivity index (χ0v) is 24.8. The van der Waals surface area contributed by atoms with Gasteiger partial charge in [0.05, 0.1) is 11.1 Å². The lowest BCUT2D eigenvalue weighted by atomic mass is 9.55. The largest absolute Gasteiger partial charge is 0.325 e. The smallest absolute Gasteiger partial charge is 0.242 e. The fourth-order valence-electron chi connectivity index (χ4n) is 7.63. The monoisotopic (exact) mass is 587 g/mol. The van der Waals surface area contributed by atoms with Gasteiger partial charge in [0.15, 0.2) is 5.78 Å². The van der Waals surface area contributed by atoms with Crippen molar-refractivity contribution in [2.45, 2.75) is 75.8 Å².